The van der Waals surface area contributed by atoms with Gasteiger partial charge in [-0.3, -0.25) is 9.78 Å². The van der Waals surface area contributed by atoms with Crippen LogP contribution < -0.4 is 5.56 Å². The van der Waals surface area contributed by atoms with Crippen LogP contribution in [0.5, 0.6) is 5.88 Å². The molecule has 0 amide bonds. The van der Waals surface area contributed by atoms with Gasteiger partial charge in [0.2, 0.25) is 0 Å². The third-order valence-corrected chi connectivity index (χ3v) is 1.55. The van der Waals surface area contributed by atoms with E-state index in [1.54, 1.807) is 0 Å². The van der Waals surface area contributed by atoms with Gasteiger partial charge in [0.1, 0.15) is 0 Å². The number of H-pyrrole nitrogens is 1. The first-order valence-corrected chi connectivity index (χ1v) is 3.23. The van der Waals surface area contributed by atoms with E-state index in [0.29, 0.717) is 0 Å². The summed E-state index contributed by atoms with van der Waals surface area (Å²) < 4.78 is 24.2. The molecule has 0 fully saturated rings. The minimum atomic E-state index is -2.74. The van der Waals surface area contributed by atoms with Crippen molar-refractivity contribution < 1.29 is 13.9 Å². The molecule has 1 aromatic rings. The number of halogens is 2. The summed E-state index contributed by atoms with van der Waals surface area (Å²) in [4.78, 5) is 12.6. The first-order chi connectivity index (χ1) is 5.52. The number of alkyl halides is 2. The van der Waals surface area contributed by atoms with E-state index >= 15 is 0 Å². The molecule has 0 unspecified atom stereocenters. The van der Waals surface area contributed by atoms with Gasteiger partial charge in [0.25, 0.3) is 12.0 Å². The maximum absolute atomic E-state index is 12.1. The largest absolute Gasteiger partial charge is 0.494 e. The molecule has 0 atom stereocenters. The first-order valence-electron chi connectivity index (χ1n) is 3.23. The minimum Gasteiger partial charge on any atom is -0.494 e. The predicted molar refractivity (Wildman–Crippen MR) is 38.4 cm³/mol. The van der Waals surface area contributed by atoms with Gasteiger partial charge in [-0.05, 0) is 6.92 Å². The lowest BCUT2D eigenvalue weighted by Crippen LogP contribution is -2.07. The number of aromatic nitrogens is 1. The van der Waals surface area contributed by atoms with Crippen LogP contribution >= 0.6 is 0 Å². The van der Waals surface area contributed by atoms with Crippen molar-refractivity contribution >= 4 is 0 Å². The van der Waals surface area contributed by atoms with Crippen LogP contribution in [-0.4, -0.2) is 10.1 Å². The molecule has 0 aliphatic carbocycles. The quantitative estimate of drug-likeness (QED) is 0.676. The van der Waals surface area contributed by atoms with Gasteiger partial charge in [0.15, 0.2) is 5.88 Å². The highest BCUT2D eigenvalue weighted by Gasteiger charge is 2.13. The van der Waals surface area contributed by atoms with Crippen molar-refractivity contribution in [3.05, 3.63) is 27.5 Å². The van der Waals surface area contributed by atoms with Gasteiger partial charge in [-0.2, -0.15) is 0 Å². The highest BCUT2D eigenvalue weighted by Crippen LogP contribution is 2.24. The Labute approximate surface area is 66.7 Å². The molecule has 1 aromatic heterocycles. The van der Waals surface area contributed by atoms with Gasteiger partial charge in [-0.25, -0.2) is 8.78 Å². The zero-order valence-corrected chi connectivity index (χ0v) is 6.27. The molecule has 5 heteroatoms. The first kappa shape index (κ1) is 8.70. The van der Waals surface area contributed by atoms with Crippen LogP contribution in [0.2, 0.25) is 0 Å². The molecule has 0 aliphatic rings. The molecule has 12 heavy (non-hydrogen) atoms. The van der Waals surface area contributed by atoms with Crippen LogP contribution in [0.1, 0.15) is 17.6 Å². The van der Waals surface area contributed by atoms with Gasteiger partial charge >= 0.3 is 0 Å². The normalized spacial score (nSPS) is 10.7. The molecule has 66 valence electrons. The molecule has 0 aliphatic heterocycles. The second kappa shape index (κ2) is 2.92. The summed E-state index contributed by atoms with van der Waals surface area (Å²) in [6, 6.07) is 0.777. The lowest BCUT2D eigenvalue weighted by Gasteiger charge is -2.04. The SMILES string of the molecule is Cc1c(C(F)F)cc(=O)[nH]c1O. The molecule has 2 N–H and O–H groups in total. The van der Waals surface area contributed by atoms with Gasteiger partial charge < -0.3 is 5.11 Å². The highest BCUT2D eigenvalue weighted by molar-refractivity contribution is 5.32. The fraction of sp³-hybridized carbons (Fsp3) is 0.286. The fourth-order valence-electron chi connectivity index (χ4n) is 0.859. The Morgan fingerprint density at radius 2 is 2.17 bits per heavy atom. The summed E-state index contributed by atoms with van der Waals surface area (Å²) >= 11 is 0. The van der Waals surface area contributed by atoms with E-state index < -0.39 is 23.4 Å². The van der Waals surface area contributed by atoms with Crippen molar-refractivity contribution in [3.8, 4) is 5.88 Å². The summed E-state index contributed by atoms with van der Waals surface area (Å²) in [5.74, 6) is -0.502. The molecular weight excluding hydrogens is 168 g/mol. The maximum Gasteiger partial charge on any atom is 0.264 e. The fourth-order valence-corrected chi connectivity index (χ4v) is 0.859. The van der Waals surface area contributed by atoms with E-state index in [-0.39, 0.29) is 5.56 Å². The Bertz CT molecular complexity index is 346. The Morgan fingerprint density at radius 1 is 1.58 bits per heavy atom. The number of aromatic hydroxyl groups is 1. The van der Waals surface area contributed by atoms with Crippen molar-refractivity contribution in [1.82, 2.24) is 4.98 Å². The van der Waals surface area contributed by atoms with E-state index in [1.165, 1.54) is 6.92 Å². The average molecular weight is 175 g/mol. The van der Waals surface area contributed by atoms with Crippen LogP contribution in [0, 0.1) is 6.92 Å². The monoisotopic (exact) mass is 175 g/mol. The number of hydrogen-bond acceptors (Lipinski definition) is 2. The summed E-state index contributed by atoms with van der Waals surface area (Å²) in [5.41, 5.74) is -1.16. The number of pyridine rings is 1. The van der Waals surface area contributed by atoms with E-state index in [0.717, 1.165) is 6.07 Å². The molecule has 3 nitrogen and oxygen atoms in total. The van der Waals surface area contributed by atoms with Crippen molar-refractivity contribution in [2.24, 2.45) is 0 Å². The van der Waals surface area contributed by atoms with Crippen molar-refractivity contribution in [2.75, 3.05) is 0 Å². The number of nitrogens with one attached hydrogen (secondary N) is 1. The molecule has 0 spiro atoms. The lowest BCUT2D eigenvalue weighted by atomic mass is 10.1. The molecule has 0 saturated carbocycles. The Kier molecular flexibility index (Phi) is 2.12. The van der Waals surface area contributed by atoms with Crippen LogP contribution in [0.4, 0.5) is 8.78 Å². The van der Waals surface area contributed by atoms with E-state index in [4.69, 9.17) is 5.11 Å². The second-order valence-corrected chi connectivity index (χ2v) is 2.36. The zero-order chi connectivity index (χ0) is 9.30. The summed E-state index contributed by atoms with van der Waals surface area (Å²) in [7, 11) is 0. The number of aromatic amines is 1. The highest BCUT2D eigenvalue weighted by atomic mass is 19.3. The van der Waals surface area contributed by atoms with Crippen LogP contribution in [0.3, 0.4) is 0 Å². The van der Waals surface area contributed by atoms with E-state index in [1.807, 2.05) is 4.98 Å². The molecule has 1 rings (SSSR count). The van der Waals surface area contributed by atoms with E-state index in [2.05, 4.69) is 0 Å². The molecule has 0 saturated heterocycles. The summed E-state index contributed by atoms with van der Waals surface area (Å²) in [6.07, 6.45) is -2.74. The minimum absolute atomic E-state index is 0.00426. The van der Waals surface area contributed by atoms with Gasteiger partial charge in [0, 0.05) is 17.2 Å². The predicted octanol–water partition coefficient (Wildman–Crippen LogP) is 1.33. The Morgan fingerprint density at radius 3 is 2.67 bits per heavy atom. The average Bonchev–Trinajstić information content (AvgIpc) is 1.96. The molecule has 0 bridgehead atoms. The van der Waals surface area contributed by atoms with Crippen LogP contribution in [0.25, 0.3) is 0 Å². The Balaban J connectivity index is 3.38. The topological polar surface area (TPSA) is 53.1 Å². The van der Waals surface area contributed by atoms with Crippen molar-refractivity contribution in [3.63, 3.8) is 0 Å². The smallest absolute Gasteiger partial charge is 0.264 e. The second-order valence-electron chi connectivity index (χ2n) is 2.36. The van der Waals surface area contributed by atoms with Gasteiger partial charge in [-0.15, -0.1) is 0 Å². The van der Waals surface area contributed by atoms with Gasteiger partial charge in [-0.1, -0.05) is 0 Å². The third-order valence-electron chi connectivity index (χ3n) is 1.55. The molecule has 0 radical (unpaired) electrons. The number of hydrogen-bond donors (Lipinski definition) is 2. The van der Waals surface area contributed by atoms with Crippen LogP contribution in [0.15, 0.2) is 10.9 Å². The van der Waals surface area contributed by atoms with Crippen molar-refractivity contribution in [2.45, 2.75) is 13.3 Å². The van der Waals surface area contributed by atoms with Crippen LogP contribution in [-0.2, 0) is 0 Å². The lowest BCUT2D eigenvalue weighted by molar-refractivity contribution is 0.149. The van der Waals surface area contributed by atoms with E-state index in [9.17, 15) is 13.6 Å². The maximum atomic E-state index is 12.1. The standard InChI is InChI=1S/C7H7F2NO2/c1-3-4(6(8)9)2-5(11)10-7(3)12/h2,6H,1H3,(H2,10,11,12). The zero-order valence-electron chi connectivity index (χ0n) is 6.27. The summed E-state index contributed by atoms with van der Waals surface area (Å²) in [6.45, 7) is 1.31. The molecule has 1 heterocycles. The van der Waals surface area contributed by atoms with Gasteiger partial charge in [0.05, 0.1) is 0 Å². The third kappa shape index (κ3) is 1.44. The Hall–Kier alpha value is -1.39. The molecular formula is C7H7F2NO2. The summed E-state index contributed by atoms with van der Waals surface area (Å²) in [5, 5.41) is 8.94. The molecule has 0 aromatic carbocycles. The number of rotatable bonds is 1. The van der Waals surface area contributed by atoms with Crippen molar-refractivity contribution in [1.29, 1.82) is 0 Å².